The van der Waals surface area contributed by atoms with Gasteiger partial charge in [0.25, 0.3) is 5.91 Å². The van der Waals surface area contributed by atoms with Gasteiger partial charge in [0.05, 0.1) is 4.88 Å². The average Bonchev–Trinajstić information content (AvgIpc) is 2.68. The molecule has 1 aromatic rings. The first-order valence-electron chi connectivity index (χ1n) is 6.04. The average molecular weight is 237 g/mol. The molecule has 0 bridgehead atoms. The summed E-state index contributed by atoms with van der Waals surface area (Å²) in [4.78, 5) is 14.0. The quantitative estimate of drug-likeness (QED) is 0.839. The van der Waals surface area contributed by atoms with Crippen molar-refractivity contribution < 1.29 is 4.79 Å². The van der Waals surface area contributed by atoms with Gasteiger partial charge in [-0.1, -0.05) is 19.8 Å². The second-order valence-corrected chi connectivity index (χ2v) is 6.04. The molecule has 0 spiro atoms. The number of hydrogen-bond acceptors (Lipinski definition) is 2. The Bertz CT molecular complexity index is 372. The maximum absolute atomic E-state index is 12.0. The number of hydrogen-bond donors (Lipinski definition) is 1. The number of carbonyl (C=O) groups is 1. The third-order valence-corrected chi connectivity index (χ3v) is 4.39. The standard InChI is InChI=1S/C13H19NOS/c1-9-5-3-4-6-11(9)14-13(15)12-8-7-10(2)16-12/h7-9,11H,3-6H2,1-2H3,(H,14,15)/t9-,11-/m0/s1. The molecule has 1 aliphatic carbocycles. The second-order valence-electron chi connectivity index (χ2n) is 4.75. The van der Waals surface area contributed by atoms with Crippen molar-refractivity contribution in [3.63, 3.8) is 0 Å². The molecule has 0 aromatic carbocycles. The summed E-state index contributed by atoms with van der Waals surface area (Å²) in [5.74, 6) is 0.732. The number of carbonyl (C=O) groups excluding carboxylic acids is 1. The van der Waals surface area contributed by atoms with Crippen molar-refractivity contribution in [1.82, 2.24) is 5.32 Å². The molecule has 88 valence electrons. The minimum absolute atomic E-state index is 0.108. The summed E-state index contributed by atoms with van der Waals surface area (Å²) in [5, 5.41) is 3.17. The molecule has 0 aliphatic heterocycles. The van der Waals surface area contributed by atoms with E-state index in [4.69, 9.17) is 0 Å². The largest absolute Gasteiger partial charge is 0.348 e. The van der Waals surface area contributed by atoms with Crippen LogP contribution in [0.4, 0.5) is 0 Å². The molecular formula is C13H19NOS. The Hall–Kier alpha value is -0.830. The minimum atomic E-state index is 0.108. The number of nitrogens with one attached hydrogen (secondary N) is 1. The zero-order valence-corrected chi connectivity index (χ0v) is 10.8. The van der Waals surface area contributed by atoms with Crippen LogP contribution in [0.5, 0.6) is 0 Å². The van der Waals surface area contributed by atoms with E-state index >= 15 is 0 Å². The normalized spacial score (nSPS) is 25.4. The summed E-state index contributed by atoms with van der Waals surface area (Å²) >= 11 is 1.57. The van der Waals surface area contributed by atoms with Crippen LogP contribution in [0.3, 0.4) is 0 Å². The highest BCUT2D eigenvalue weighted by atomic mass is 32.1. The van der Waals surface area contributed by atoms with Crippen molar-refractivity contribution in [2.45, 2.75) is 45.6 Å². The summed E-state index contributed by atoms with van der Waals surface area (Å²) in [6.07, 6.45) is 4.94. The molecule has 0 saturated heterocycles. The lowest BCUT2D eigenvalue weighted by atomic mass is 9.86. The van der Waals surface area contributed by atoms with E-state index in [1.807, 2.05) is 19.1 Å². The third kappa shape index (κ3) is 2.64. The zero-order chi connectivity index (χ0) is 11.5. The fourth-order valence-electron chi connectivity index (χ4n) is 2.33. The fraction of sp³-hybridized carbons (Fsp3) is 0.615. The van der Waals surface area contributed by atoms with Gasteiger partial charge in [0.1, 0.15) is 0 Å². The van der Waals surface area contributed by atoms with Crippen molar-refractivity contribution in [1.29, 1.82) is 0 Å². The lowest BCUT2D eigenvalue weighted by Crippen LogP contribution is -2.40. The molecule has 2 nitrogen and oxygen atoms in total. The van der Waals surface area contributed by atoms with Gasteiger partial charge in [0, 0.05) is 10.9 Å². The maximum atomic E-state index is 12.0. The number of amides is 1. The van der Waals surface area contributed by atoms with E-state index in [1.165, 1.54) is 24.1 Å². The first-order valence-corrected chi connectivity index (χ1v) is 6.86. The minimum Gasteiger partial charge on any atom is -0.348 e. The van der Waals surface area contributed by atoms with Crippen molar-refractivity contribution in [3.05, 3.63) is 21.9 Å². The molecule has 16 heavy (non-hydrogen) atoms. The van der Waals surface area contributed by atoms with E-state index in [0.717, 1.165) is 11.3 Å². The molecule has 2 rings (SSSR count). The first-order chi connectivity index (χ1) is 7.66. The van der Waals surface area contributed by atoms with Gasteiger partial charge < -0.3 is 5.32 Å². The molecule has 0 radical (unpaired) electrons. The monoisotopic (exact) mass is 237 g/mol. The maximum Gasteiger partial charge on any atom is 0.261 e. The van der Waals surface area contributed by atoms with Crippen LogP contribution >= 0.6 is 11.3 Å². The molecular weight excluding hydrogens is 218 g/mol. The van der Waals surface area contributed by atoms with Crippen molar-refractivity contribution in [3.8, 4) is 0 Å². The van der Waals surface area contributed by atoms with Gasteiger partial charge in [-0.15, -0.1) is 11.3 Å². The van der Waals surface area contributed by atoms with Gasteiger partial charge in [0.15, 0.2) is 0 Å². The Morgan fingerprint density at radius 2 is 2.12 bits per heavy atom. The van der Waals surface area contributed by atoms with Crippen molar-refractivity contribution >= 4 is 17.2 Å². The summed E-state index contributed by atoms with van der Waals surface area (Å²) in [5.41, 5.74) is 0. The second kappa shape index (κ2) is 5.00. The van der Waals surface area contributed by atoms with E-state index in [2.05, 4.69) is 12.2 Å². The molecule has 1 heterocycles. The third-order valence-electron chi connectivity index (χ3n) is 3.39. The van der Waals surface area contributed by atoms with Crippen molar-refractivity contribution in [2.24, 2.45) is 5.92 Å². The molecule has 3 heteroatoms. The predicted octanol–water partition coefficient (Wildman–Crippen LogP) is 3.37. The Balaban J connectivity index is 1.96. The molecule has 0 unspecified atom stereocenters. The number of rotatable bonds is 2. The van der Waals surface area contributed by atoms with E-state index < -0.39 is 0 Å². The molecule has 1 saturated carbocycles. The number of thiophene rings is 1. The van der Waals surface area contributed by atoms with Gasteiger partial charge in [0.2, 0.25) is 0 Å². The van der Waals surface area contributed by atoms with Gasteiger partial charge in [-0.2, -0.15) is 0 Å². The highest BCUT2D eigenvalue weighted by Gasteiger charge is 2.23. The smallest absolute Gasteiger partial charge is 0.261 e. The molecule has 1 N–H and O–H groups in total. The van der Waals surface area contributed by atoms with E-state index in [1.54, 1.807) is 11.3 Å². The zero-order valence-electron chi connectivity index (χ0n) is 9.95. The Kier molecular flexibility index (Phi) is 3.64. The summed E-state index contributed by atoms with van der Waals surface area (Å²) in [6.45, 7) is 4.27. The Labute approximate surface area is 101 Å². The summed E-state index contributed by atoms with van der Waals surface area (Å²) in [7, 11) is 0. The Morgan fingerprint density at radius 3 is 2.75 bits per heavy atom. The van der Waals surface area contributed by atoms with Crippen LogP contribution in [0, 0.1) is 12.8 Å². The van der Waals surface area contributed by atoms with E-state index in [-0.39, 0.29) is 5.91 Å². The van der Waals surface area contributed by atoms with Gasteiger partial charge in [-0.05, 0) is 37.8 Å². The van der Waals surface area contributed by atoms with Gasteiger partial charge in [-0.25, -0.2) is 0 Å². The fourth-order valence-corrected chi connectivity index (χ4v) is 3.10. The molecule has 1 aliphatic rings. The molecule has 1 fully saturated rings. The lowest BCUT2D eigenvalue weighted by molar-refractivity contribution is 0.0914. The predicted molar refractivity (Wildman–Crippen MR) is 67.9 cm³/mol. The summed E-state index contributed by atoms with van der Waals surface area (Å²) < 4.78 is 0. The van der Waals surface area contributed by atoms with Crippen LogP contribution in [0.15, 0.2) is 12.1 Å². The van der Waals surface area contributed by atoms with Gasteiger partial charge >= 0.3 is 0 Å². The van der Waals surface area contributed by atoms with Gasteiger partial charge in [-0.3, -0.25) is 4.79 Å². The van der Waals surface area contributed by atoms with E-state index in [0.29, 0.717) is 12.0 Å². The molecule has 2 atom stereocenters. The Morgan fingerprint density at radius 1 is 1.38 bits per heavy atom. The van der Waals surface area contributed by atoms with Crippen LogP contribution < -0.4 is 5.32 Å². The lowest BCUT2D eigenvalue weighted by Gasteiger charge is -2.29. The van der Waals surface area contributed by atoms with Crippen LogP contribution in [-0.4, -0.2) is 11.9 Å². The van der Waals surface area contributed by atoms with Crippen LogP contribution in [0.25, 0.3) is 0 Å². The SMILES string of the molecule is Cc1ccc(C(=O)N[C@H]2CCCC[C@@H]2C)s1. The highest BCUT2D eigenvalue weighted by Crippen LogP contribution is 2.24. The molecule has 1 aromatic heterocycles. The molecule has 1 amide bonds. The van der Waals surface area contributed by atoms with Crippen molar-refractivity contribution in [2.75, 3.05) is 0 Å². The number of aryl methyl sites for hydroxylation is 1. The van der Waals surface area contributed by atoms with E-state index in [9.17, 15) is 4.79 Å². The van der Waals surface area contributed by atoms with Crippen LogP contribution in [0.1, 0.15) is 47.2 Å². The highest BCUT2D eigenvalue weighted by molar-refractivity contribution is 7.13. The van der Waals surface area contributed by atoms with Crippen LogP contribution in [-0.2, 0) is 0 Å². The van der Waals surface area contributed by atoms with Crippen LogP contribution in [0.2, 0.25) is 0 Å². The summed E-state index contributed by atoms with van der Waals surface area (Å²) in [6, 6.07) is 4.30. The first kappa shape index (κ1) is 11.6. The topological polar surface area (TPSA) is 29.1 Å².